The van der Waals surface area contributed by atoms with Crippen molar-refractivity contribution in [3.8, 4) is 6.07 Å². The zero-order chi connectivity index (χ0) is 16.7. The summed E-state index contributed by atoms with van der Waals surface area (Å²) in [6, 6.07) is 8.04. The van der Waals surface area contributed by atoms with Crippen LogP contribution >= 0.6 is 0 Å². The lowest BCUT2D eigenvalue weighted by atomic mass is 10.2. The second kappa shape index (κ2) is 5.71. The standard InChI is InChI=1S/C17H18N4O2S/c18-11-12-1-7-15(8-2-12)24(22,23)10-9-21-17(14-5-6-14)19-16(20-21)13-3-4-13/h1-2,7-8,13-14H,3-6,9-10H2. The molecule has 0 saturated heterocycles. The lowest BCUT2D eigenvalue weighted by molar-refractivity contribution is 0.570. The minimum Gasteiger partial charge on any atom is -0.248 e. The Morgan fingerprint density at radius 1 is 1.12 bits per heavy atom. The van der Waals surface area contributed by atoms with E-state index in [9.17, 15) is 8.42 Å². The van der Waals surface area contributed by atoms with Crippen LogP contribution in [-0.4, -0.2) is 28.9 Å². The molecule has 0 aliphatic heterocycles. The monoisotopic (exact) mass is 342 g/mol. The number of aromatic nitrogens is 3. The minimum atomic E-state index is -3.40. The van der Waals surface area contributed by atoms with E-state index in [1.54, 1.807) is 4.68 Å². The summed E-state index contributed by atoms with van der Waals surface area (Å²) < 4.78 is 26.8. The van der Waals surface area contributed by atoms with Gasteiger partial charge in [0.2, 0.25) is 0 Å². The van der Waals surface area contributed by atoms with Crippen molar-refractivity contribution < 1.29 is 8.42 Å². The van der Waals surface area contributed by atoms with Crippen LogP contribution in [0.2, 0.25) is 0 Å². The van der Waals surface area contributed by atoms with Crippen LogP contribution in [-0.2, 0) is 16.4 Å². The molecule has 1 aromatic carbocycles. The van der Waals surface area contributed by atoms with Gasteiger partial charge < -0.3 is 0 Å². The summed E-state index contributed by atoms with van der Waals surface area (Å²) in [5.41, 5.74) is 0.454. The molecule has 24 heavy (non-hydrogen) atoms. The second-order valence-electron chi connectivity index (χ2n) is 6.55. The number of sulfone groups is 1. The number of aryl methyl sites for hydroxylation is 1. The SMILES string of the molecule is N#Cc1ccc(S(=O)(=O)CCn2nc(C3CC3)nc2C2CC2)cc1. The van der Waals surface area contributed by atoms with Gasteiger partial charge in [0, 0.05) is 11.8 Å². The summed E-state index contributed by atoms with van der Waals surface area (Å²) in [6.45, 7) is 0.327. The highest BCUT2D eigenvalue weighted by atomic mass is 32.2. The maximum absolute atomic E-state index is 12.5. The Morgan fingerprint density at radius 2 is 1.79 bits per heavy atom. The van der Waals surface area contributed by atoms with Gasteiger partial charge in [0.15, 0.2) is 15.7 Å². The molecule has 0 bridgehead atoms. The molecule has 124 valence electrons. The van der Waals surface area contributed by atoms with Crippen molar-refractivity contribution >= 4 is 9.84 Å². The third kappa shape index (κ3) is 3.06. The predicted octanol–water partition coefficient (Wildman–Crippen LogP) is 2.38. The van der Waals surface area contributed by atoms with Crippen molar-refractivity contribution in [3.63, 3.8) is 0 Å². The predicted molar refractivity (Wildman–Crippen MR) is 87.2 cm³/mol. The summed E-state index contributed by atoms with van der Waals surface area (Å²) in [5, 5.41) is 13.4. The molecule has 2 saturated carbocycles. The quantitative estimate of drug-likeness (QED) is 0.804. The van der Waals surface area contributed by atoms with Crippen LogP contribution in [0.5, 0.6) is 0 Å². The molecule has 0 N–H and O–H groups in total. The number of nitriles is 1. The Hall–Kier alpha value is -2.20. The fourth-order valence-corrected chi connectivity index (χ4v) is 3.96. The number of rotatable bonds is 6. The van der Waals surface area contributed by atoms with Crippen molar-refractivity contribution in [2.24, 2.45) is 0 Å². The molecular formula is C17H18N4O2S. The van der Waals surface area contributed by atoms with Crippen molar-refractivity contribution in [2.45, 2.75) is 49.0 Å². The van der Waals surface area contributed by atoms with Crippen molar-refractivity contribution in [1.82, 2.24) is 14.8 Å². The Morgan fingerprint density at radius 3 is 2.38 bits per heavy atom. The first-order valence-corrected chi connectivity index (χ1v) is 9.89. The molecular weight excluding hydrogens is 324 g/mol. The van der Waals surface area contributed by atoms with E-state index in [2.05, 4.69) is 10.1 Å². The Bertz CT molecular complexity index is 901. The normalized spacial score (nSPS) is 17.6. The average Bonchev–Trinajstić information content (AvgIpc) is 3.51. The number of hydrogen-bond donors (Lipinski definition) is 0. The fraction of sp³-hybridized carbons (Fsp3) is 0.471. The smallest absolute Gasteiger partial charge is 0.180 e. The average molecular weight is 342 g/mol. The van der Waals surface area contributed by atoms with E-state index >= 15 is 0 Å². The molecule has 7 heteroatoms. The highest BCUT2D eigenvalue weighted by Crippen LogP contribution is 2.42. The van der Waals surface area contributed by atoms with E-state index < -0.39 is 9.84 Å². The molecule has 0 atom stereocenters. The van der Waals surface area contributed by atoms with Gasteiger partial charge in [0.05, 0.1) is 28.8 Å². The maximum atomic E-state index is 12.5. The van der Waals surface area contributed by atoms with E-state index in [0.29, 0.717) is 23.9 Å². The van der Waals surface area contributed by atoms with Gasteiger partial charge in [-0.15, -0.1) is 0 Å². The largest absolute Gasteiger partial charge is 0.248 e. The van der Waals surface area contributed by atoms with E-state index in [1.165, 1.54) is 24.3 Å². The maximum Gasteiger partial charge on any atom is 0.180 e. The molecule has 2 fully saturated rings. The molecule has 2 aromatic rings. The highest BCUT2D eigenvalue weighted by molar-refractivity contribution is 7.91. The molecule has 2 aliphatic carbocycles. The molecule has 0 spiro atoms. The first-order chi connectivity index (χ1) is 11.6. The zero-order valence-corrected chi connectivity index (χ0v) is 14.0. The second-order valence-corrected chi connectivity index (χ2v) is 8.66. The van der Waals surface area contributed by atoms with Gasteiger partial charge in [0.25, 0.3) is 0 Å². The molecule has 6 nitrogen and oxygen atoms in total. The van der Waals surface area contributed by atoms with Crippen LogP contribution in [0.4, 0.5) is 0 Å². The number of benzene rings is 1. The van der Waals surface area contributed by atoms with Gasteiger partial charge in [-0.2, -0.15) is 10.4 Å². The van der Waals surface area contributed by atoms with Crippen LogP contribution in [0.15, 0.2) is 29.2 Å². The molecule has 0 radical (unpaired) electrons. The molecule has 2 aliphatic rings. The topological polar surface area (TPSA) is 88.6 Å². The molecule has 0 unspecified atom stereocenters. The van der Waals surface area contributed by atoms with Gasteiger partial charge in [-0.25, -0.2) is 18.1 Å². The molecule has 0 amide bonds. The van der Waals surface area contributed by atoms with Gasteiger partial charge in [-0.05, 0) is 49.9 Å². The zero-order valence-electron chi connectivity index (χ0n) is 13.2. The van der Waals surface area contributed by atoms with Gasteiger partial charge in [0.1, 0.15) is 5.82 Å². The molecule has 1 heterocycles. The Labute approximate surface area is 141 Å². The summed E-state index contributed by atoms with van der Waals surface area (Å²) in [5.74, 6) is 2.74. The summed E-state index contributed by atoms with van der Waals surface area (Å²) in [7, 11) is -3.40. The van der Waals surface area contributed by atoms with Crippen LogP contribution in [0.1, 0.15) is 54.7 Å². The third-order valence-corrected chi connectivity index (χ3v) is 6.23. The van der Waals surface area contributed by atoms with Crippen LogP contribution in [0, 0.1) is 11.3 Å². The fourth-order valence-electron chi connectivity index (χ4n) is 2.76. The highest BCUT2D eigenvalue weighted by Gasteiger charge is 2.34. The molecule has 1 aromatic heterocycles. The van der Waals surface area contributed by atoms with Gasteiger partial charge in [-0.3, -0.25) is 0 Å². The first kappa shape index (κ1) is 15.3. The van der Waals surface area contributed by atoms with Gasteiger partial charge in [-0.1, -0.05) is 0 Å². The van der Waals surface area contributed by atoms with Crippen LogP contribution < -0.4 is 0 Å². The number of hydrogen-bond acceptors (Lipinski definition) is 5. The number of nitrogens with zero attached hydrogens (tertiary/aromatic N) is 4. The van der Waals surface area contributed by atoms with Crippen molar-refractivity contribution in [2.75, 3.05) is 5.75 Å². The lowest BCUT2D eigenvalue weighted by Crippen LogP contribution is -2.16. The van der Waals surface area contributed by atoms with E-state index in [4.69, 9.17) is 5.26 Å². The van der Waals surface area contributed by atoms with Crippen molar-refractivity contribution in [3.05, 3.63) is 41.5 Å². The Balaban J connectivity index is 1.52. The third-order valence-electron chi connectivity index (χ3n) is 4.52. The van der Waals surface area contributed by atoms with Gasteiger partial charge >= 0.3 is 0 Å². The lowest BCUT2D eigenvalue weighted by Gasteiger charge is -2.07. The van der Waals surface area contributed by atoms with Crippen molar-refractivity contribution in [1.29, 1.82) is 5.26 Å². The summed E-state index contributed by atoms with van der Waals surface area (Å²) in [4.78, 5) is 4.90. The van der Waals surface area contributed by atoms with E-state index in [-0.39, 0.29) is 10.6 Å². The van der Waals surface area contributed by atoms with Crippen LogP contribution in [0.3, 0.4) is 0 Å². The van der Waals surface area contributed by atoms with Crippen LogP contribution in [0.25, 0.3) is 0 Å². The Kier molecular flexibility index (Phi) is 3.65. The van der Waals surface area contributed by atoms with E-state index in [0.717, 1.165) is 37.3 Å². The van der Waals surface area contributed by atoms with E-state index in [1.807, 2.05) is 6.07 Å². The summed E-state index contributed by atoms with van der Waals surface area (Å²) >= 11 is 0. The first-order valence-electron chi connectivity index (χ1n) is 8.24. The molecule has 4 rings (SSSR count). The minimum absolute atomic E-state index is 0.00785. The summed E-state index contributed by atoms with van der Waals surface area (Å²) in [6.07, 6.45) is 4.51.